The van der Waals surface area contributed by atoms with Crippen molar-refractivity contribution >= 4 is 34.3 Å². The normalized spacial score (nSPS) is 11.3. The third-order valence-corrected chi connectivity index (χ3v) is 3.57. The Hall–Kier alpha value is -3.19. The molecule has 0 atom stereocenters. The number of aromatic nitrogens is 2. The van der Waals surface area contributed by atoms with E-state index in [1.807, 2.05) is 18.2 Å². The number of para-hydroxylation sites is 2. The van der Waals surface area contributed by atoms with Gasteiger partial charge in [0.05, 0.1) is 17.2 Å². The molecule has 0 bridgehead atoms. The highest BCUT2D eigenvalue weighted by molar-refractivity contribution is 6.30. The Morgan fingerprint density at radius 1 is 1.12 bits per heavy atom. The van der Waals surface area contributed by atoms with Crippen LogP contribution in [-0.2, 0) is 0 Å². The van der Waals surface area contributed by atoms with Crippen molar-refractivity contribution in [2.45, 2.75) is 0 Å². The molecule has 8 heteroatoms. The summed E-state index contributed by atoms with van der Waals surface area (Å²) in [5, 5.41) is 7.25. The van der Waals surface area contributed by atoms with Crippen LogP contribution in [0.3, 0.4) is 0 Å². The van der Waals surface area contributed by atoms with Crippen LogP contribution in [0.1, 0.15) is 16.1 Å². The van der Waals surface area contributed by atoms with Gasteiger partial charge in [-0.2, -0.15) is 10.0 Å². The van der Waals surface area contributed by atoms with Crippen molar-refractivity contribution in [3.05, 3.63) is 75.9 Å². The summed E-state index contributed by atoms with van der Waals surface area (Å²) in [5.41, 5.74) is 4.67. The number of nitrogens with one attached hydrogen (secondary N) is 1. The lowest BCUT2D eigenvalue weighted by atomic mass is 10.2. The van der Waals surface area contributed by atoms with E-state index in [-0.39, 0.29) is 12.3 Å². The van der Waals surface area contributed by atoms with Crippen molar-refractivity contribution in [1.29, 1.82) is 0 Å². The molecule has 0 fully saturated rings. The van der Waals surface area contributed by atoms with Gasteiger partial charge >= 0.3 is 0 Å². The molecule has 1 aromatic heterocycles. The number of amides is 1. The number of fused-ring (bicyclic) bond motifs is 1. The monoisotopic (exact) mass is 353 g/mol. The Bertz CT molecular complexity index is 974. The van der Waals surface area contributed by atoms with Crippen LogP contribution in [0.5, 0.6) is 0 Å². The summed E-state index contributed by atoms with van der Waals surface area (Å²) < 4.78 is 0. The SMILES string of the molecule is O=NCC(=NNC(=O)c1cccc(Cl)c1)c1cnc2ccccc2n1. The van der Waals surface area contributed by atoms with Crippen molar-refractivity contribution in [1.82, 2.24) is 15.4 Å². The quantitative estimate of drug-likeness (QED) is 0.432. The summed E-state index contributed by atoms with van der Waals surface area (Å²) in [7, 11) is 0. The zero-order valence-corrected chi connectivity index (χ0v) is 13.6. The first-order chi connectivity index (χ1) is 12.2. The first-order valence-corrected chi connectivity index (χ1v) is 7.69. The largest absolute Gasteiger partial charge is 0.271 e. The first kappa shape index (κ1) is 16.7. The van der Waals surface area contributed by atoms with E-state index >= 15 is 0 Å². The van der Waals surface area contributed by atoms with E-state index in [9.17, 15) is 9.70 Å². The van der Waals surface area contributed by atoms with Gasteiger partial charge in [-0.25, -0.2) is 10.4 Å². The summed E-state index contributed by atoms with van der Waals surface area (Å²) in [6.45, 7) is -0.247. The van der Waals surface area contributed by atoms with Gasteiger partial charge in [0.25, 0.3) is 5.91 Å². The minimum Gasteiger partial charge on any atom is -0.267 e. The average Bonchev–Trinajstić information content (AvgIpc) is 2.64. The highest BCUT2D eigenvalue weighted by Crippen LogP contribution is 2.11. The molecular weight excluding hydrogens is 342 g/mol. The van der Waals surface area contributed by atoms with Gasteiger partial charge in [-0.05, 0) is 30.3 Å². The number of hydrogen-bond donors (Lipinski definition) is 1. The summed E-state index contributed by atoms with van der Waals surface area (Å²) in [6, 6.07) is 13.7. The van der Waals surface area contributed by atoms with Crippen LogP contribution in [0.15, 0.2) is 65.0 Å². The van der Waals surface area contributed by atoms with Crippen LogP contribution in [0.25, 0.3) is 11.0 Å². The zero-order chi connectivity index (χ0) is 17.6. The molecule has 0 saturated carbocycles. The second-order valence-electron chi connectivity index (χ2n) is 5.04. The molecule has 1 N–H and O–H groups in total. The number of hydrazone groups is 1. The van der Waals surface area contributed by atoms with E-state index in [2.05, 4.69) is 25.7 Å². The third kappa shape index (κ3) is 4.02. The van der Waals surface area contributed by atoms with Gasteiger partial charge in [0, 0.05) is 10.6 Å². The van der Waals surface area contributed by atoms with Crippen molar-refractivity contribution in [3.63, 3.8) is 0 Å². The number of rotatable bonds is 5. The van der Waals surface area contributed by atoms with Crippen molar-refractivity contribution < 1.29 is 4.79 Å². The Morgan fingerprint density at radius 3 is 2.68 bits per heavy atom. The number of carbonyl (C=O) groups excluding carboxylic acids is 1. The van der Waals surface area contributed by atoms with Gasteiger partial charge in [-0.15, -0.1) is 0 Å². The van der Waals surface area contributed by atoms with E-state index in [0.29, 0.717) is 27.3 Å². The maximum absolute atomic E-state index is 12.1. The molecule has 2 aromatic carbocycles. The second-order valence-corrected chi connectivity index (χ2v) is 5.48. The fourth-order valence-corrected chi connectivity index (χ4v) is 2.33. The van der Waals surface area contributed by atoms with Crippen LogP contribution in [0, 0.1) is 4.91 Å². The minimum atomic E-state index is -0.459. The molecule has 124 valence electrons. The molecule has 0 radical (unpaired) electrons. The molecule has 3 rings (SSSR count). The number of benzene rings is 2. The van der Waals surface area contributed by atoms with Gasteiger partial charge in [0.15, 0.2) is 0 Å². The molecule has 0 saturated heterocycles. The van der Waals surface area contributed by atoms with Crippen molar-refractivity contribution in [2.75, 3.05) is 6.54 Å². The highest BCUT2D eigenvalue weighted by atomic mass is 35.5. The molecule has 25 heavy (non-hydrogen) atoms. The van der Waals surface area contributed by atoms with Gasteiger partial charge in [0.1, 0.15) is 18.0 Å². The van der Waals surface area contributed by atoms with E-state index in [1.54, 1.807) is 24.3 Å². The lowest BCUT2D eigenvalue weighted by molar-refractivity contribution is 0.0955. The Morgan fingerprint density at radius 2 is 1.92 bits per heavy atom. The summed E-state index contributed by atoms with van der Waals surface area (Å²) in [5.74, 6) is -0.459. The Labute approximate surface area is 147 Å². The van der Waals surface area contributed by atoms with Gasteiger partial charge in [-0.3, -0.25) is 9.78 Å². The molecule has 0 unspecified atom stereocenters. The molecule has 1 amide bonds. The lowest BCUT2D eigenvalue weighted by Gasteiger charge is -2.05. The van der Waals surface area contributed by atoms with Crippen LogP contribution >= 0.6 is 11.6 Å². The maximum atomic E-state index is 12.1. The smallest absolute Gasteiger partial charge is 0.267 e. The number of hydrogen-bond acceptors (Lipinski definition) is 6. The second kappa shape index (κ2) is 7.59. The molecule has 7 nitrogen and oxygen atoms in total. The minimum absolute atomic E-state index is 0.212. The van der Waals surface area contributed by atoms with Crippen molar-refractivity contribution in [2.24, 2.45) is 10.3 Å². The van der Waals surface area contributed by atoms with Crippen LogP contribution in [-0.4, -0.2) is 28.1 Å². The van der Waals surface area contributed by atoms with E-state index < -0.39 is 5.91 Å². The predicted molar refractivity (Wildman–Crippen MR) is 95.7 cm³/mol. The van der Waals surface area contributed by atoms with E-state index in [0.717, 1.165) is 0 Å². The van der Waals surface area contributed by atoms with Crippen LogP contribution < -0.4 is 5.43 Å². The Balaban J connectivity index is 1.87. The first-order valence-electron chi connectivity index (χ1n) is 7.31. The summed E-state index contributed by atoms with van der Waals surface area (Å²) >= 11 is 5.86. The standard InChI is InChI=1S/C17H12ClN5O2/c18-12-5-3-4-11(8-12)17(24)23-22-16(10-20-25)15-9-19-13-6-1-2-7-14(13)21-15/h1-9H,10H2,(H,23,24). The molecule has 0 spiro atoms. The number of halogens is 1. The van der Waals surface area contributed by atoms with E-state index in [4.69, 9.17) is 11.6 Å². The molecular formula is C17H12ClN5O2. The predicted octanol–water partition coefficient (Wildman–Crippen LogP) is 3.18. The van der Waals surface area contributed by atoms with Crippen LogP contribution in [0.4, 0.5) is 0 Å². The van der Waals surface area contributed by atoms with Gasteiger partial charge in [0.2, 0.25) is 0 Å². The fourth-order valence-electron chi connectivity index (χ4n) is 2.14. The molecule has 1 heterocycles. The molecule has 0 aliphatic rings. The van der Waals surface area contributed by atoms with Crippen molar-refractivity contribution in [3.8, 4) is 0 Å². The zero-order valence-electron chi connectivity index (χ0n) is 12.9. The summed E-state index contributed by atoms with van der Waals surface area (Å²) in [6.07, 6.45) is 1.48. The average molecular weight is 354 g/mol. The molecule has 0 aliphatic carbocycles. The summed E-state index contributed by atoms with van der Waals surface area (Å²) in [4.78, 5) is 31.5. The van der Waals surface area contributed by atoms with Crippen LogP contribution in [0.2, 0.25) is 5.02 Å². The molecule has 0 aliphatic heterocycles. The Kier molecular flexibility index (Phi) is 5.06. The topological polar surface area (TPSA) is 96.7 Å². The lowest BCUT2D eigenvalue weighted by Crippen LogP contribution is -2.21. The molecule has 3 aromatic rings. The highest BCUT2D eigenvalue weighted by Gasteiger charge is 2.10. The number of nitroso groups, excluding NO2 is 1. The fraction of sp³-hybridized carbons (Fsp3) is 0.0588. The van der Waals surface area contributed by atoms with Gasteiger partial charge in [-0.1, -0.05) is 35.0 Å². The number of nitrogens with zero attached hydrogens (tertiary/aromatic N) is 4. The third-order valence-electron chi connectivity index (χ3n) is 3.34. The van der Waals surface area contributed by atoms with E-state index in [1.165, 1.54) is 12.3 Å². The number of carbonyl (C=O) groups is 1. The van der Waals surface area contributed by atoms with Gasteiger partial charge < -0.3 is 0 Å². The maximum Gasteiger partial charge on any atom is 0.271 e.